The molecule has 29 heavy (non-hydrogen) atoms. The van der Waals surface area contributed by atoms with Crippen molar-refractivity contribution >= 4 is 17.5 Å². The van der Waals surface area contributed by atoms with Crippen molar-refractivity contribution in [1.29, 1.82) is 0 Å². The first-order valence-corrected chi connectivity index (χ1v) is 10.5. The van der Waals surface area contributed by atoms with Gasteiger partial charge in [0.25, 0.3) is 0 Å². The lowest BCUT2D eigenvalue weighted by molar-refractivity contribution is -0.121. The van der Waals surface area contributed by atoms with Gasteiger partial charge in [-0.25, -0.2) is 0 Å². The predicted octanol–water partition coefficient (Wildman–Crippen LogP) is 3.35. The minimum absolute atomic E-state index is 0.0430. The number of nitrogens with zero attached hydrogens (tertiary/aromatic N) is 2. The Morgan fingerprint density at radius 2 is 1.83 bits per heavy atom. The Hall–Kier alpha value is -2.08. The van der Waals surface area contributed by atoms with Gasteiger partial charge in [0, 0.05) is 45.7 Å². The minimum Gasteiger partial charge on any atom is -0.495 e. The zero-order valence-electron chi connectivity index (χ0n) is 17.3. The van der Waals surface area contributed by atoms with Crippen LogP contribution in [-0.2, 0) is 24.3 Å². The SMILES string of the molecule is COc1ccc(CCC(=O)NCc2cccc(CN3CCN(C)CC3)c2)cc1Cl. The monoisotopic (exact) mass is 415 g/mol. The Balaban J connectivity index is 1.44. The summed E-state index contributed by atoms with van der Waals surface area (Å²) >= 11 is 6.15. The summed E-state index contributed by atoms with van der Waals surface area (Å²) in [4.78, 5) is 17.1. The van der Waals surface area contributed by atoms with E-state index in [0.29, 0.717) is 30.2 Å². The van der Waals surface area contributed by atoms with Gasteiger partial charge in [-0.05, 0) is 42.3 Å². The highest BCUT2D eigenvalue weighted by atomic mass is 35.5. The number of ether oxygens (including phenoxy) is 1. The number of aryl methyl sites for hydroxylation is 1. The van der Waals surface area contributed by atoms with Crippen LogP contribution in [0.25, 0.3) is 0 Å². The van der Waals surface area contributed by atoms with E-state index in [2.05, 4.69) is 46.4 Å². The van der Waals surface area contributed by atoms with Gasteiger partial charge in [0.05, 0.1) is 12.1 Å². The molecular formula is C23H30ClN3O2. The van der Waals surface area contributed by atoms with Crippen molar-refractivity contribution in [3.8, 4) is 5.75 Å². The van der Waals surface area contributed by atoms with Crippen LogP contribution in [-0.4, -0.2) is 56.0 Å². The first-order valence-electron chi connectivity index (χ1n) is 10.1. The molecule has 0 aliphatic carbocycles. The number of nitrogens with one attached hydrogen (secondary N) is 1. The van der Waals surface area contributed by atoms with Gasteiger partial charge in [-0.15, -0.1) is 0 Å². The number of rotatable bonds is 8. The van der Waals surface area contributed by atoms with Gasteiger partial charge in [-0.2, -0.15) is 0 Å². The van der Waals surface area contributed by atoms with Gasteiger partial charge in [0.15, 0.2) is 0 Å². The van der Waals surface area contributed by atoms with Crippen molar-refractivity contribution in [2.24, 2.45) is 0 Å². The summed E-state index contributed by atoms with van der Waals surface area (Å²) in [5.74, 6) is 0.692. The maximum Gasteiger partial charge on any atom is 0.220 e. The average Bonchev–Trinajstić information content (AvgIpc) is 2.73. The smallest absolute Gasteiger partial charge is 0.220 e. The van der Waals surface area contributed by atoms with E-state index in [9.17, 15) is 4.79 Å². The predicted molar refractivity (Wildman–Crippen MR) is 117 cm³/mol. The van der Waals surface area contributed by atoms with Crippen LogP contribution < -0.4 is 10.1 Å². The average molecular weight is 416 g/mol. The van der Waals surface area contributed by atoms with Crippen LogP contribution in [0.4, 0.5) is 0 Å². The zero-order chi connectivity index (χ0) is 20.6. The van der Waals surface area contributed by atoms with Crippen LogP contribution in [0, 0.1) is 0 Å². The second kappa shape index (κ2) is 10.6. The van der Waals surface area contributed by atoms with Gasteiger partial charge >= 0.3 is 0 Å². The molecule has 5 nitrogen and oxygen atoms in total. The molecule has 0 saturated carbocycles. The van der Waals surface area contributed by atoms with E-state index in [1.54, 1.807) is 7.11 Å². The molecule has 1 fully saturated rings. The standard InChI is InChI=1S/C23H30ClN3O2/c1-26-10-12-27(13-11-26)17-20-5-3-4-19(14-20)16-25-23(28)9-7-18-6-8-22(29-2)21(24)15-18/h3-6,8,14-15H,7,9-13,16-17H2,1-2H3,(H,25,28). The zero-order valence-corrected chi connectivity index (χ0v) is 18.0. The van der Waals surface area contributed by atoms with Gasteiger partial charge < -0.3 is 15.0 Å². The Bertz CT molecular complexity index is 820. The fraction of sp³-hybridized carbons (Fsp3) is 0.435. The molecule has 1 saturated heterocycles. The number of carbonyl (C=O) groups excluding carboxylic acids is 1. The molecule has 2 aromatic carbocycles. The topological polar surface area (TPSA) is 44.8 Å². The van der Waals surface area contributed by atoms with E-state index in [1.165, 1.54) is 5.56 Å². The Morgan fingerprint density at radius 1 is 1.07 bits per heavy atom. The molecule has 1 aliphatic heterocycles. The fourth-order valence-corrected chi connectivity index (χ4v) is 3.79. The first-order chi connectivity index (χ1) is 14.0. The summed E-state index contributed by atoms with van der Waals surface area (Å²) in [5.41, 5.74) is 3.46. The highest BCUT2D eigenvalue weighted by Crippen LogP contribution is 2.25. The second-order valence-electron chi connectivity index (χ2n) is 7.65. The van der Waals surface area contributed by atoms with E-state index in [0.717, 1.165) is 43.9 Å². The lowest BCUT2D eigenvalue weighted by atomic mass is 10.1. The molecule has 156 valence electrons. The first kappa shape index (κ1) is 21.6. The van der Waals surface area contributed by atoms with Crippen molar-refractivity contribution in [2.45, 2.75) is 25.9 Å². The Morgan fingerprint density at radius 3 is 2.55 bits per heavy atom. The molecule has 0 radical (unpaired) electrons. The van der Waals surface area contributed by atoms with Crippen LogP contribution in [0.1, 0.15) is 23.1 Å². The molecule has 2 aromatic rings. The lowest BCUT2D eigenvalue weighted by Gasteiger charge is -2.32. The van der Waals surface area contributed by atoms with Crippen molar-refractivity contribution in [1.82, 2.24) is 15.1 Å². The number of carbonyl (C=O) groups is 1. The van der Waals surface area contributed by atoms with Crippen molar-refractivity contribution in [2.75, 3.05) is 40.3 Å². The van der Waals surface area contributed by atoms with Crippen molar-refractivity contribution < 1.29 is 9.53 Å². The van der Waals surface area contributed by atoms with E-state index in [4.69, 9.17) is 16.3 Å². The summed E-state index contributed by atoms with van der Waals surface area (Å²) in [6.45, 7) is 5.97. The van der Waals surface area contributed by atoms with E-state index < -0.39 is 0 Å². The number of likely N-dealkylation sites (N-methyl/N-ethyl adjacent to an activating group) is 1. The number of hydrogen-bond donors (Lipinski definition) is 1. The van der Waals surface area contributed by atoms with E-state index >= 15 is 0 Å². The van der Waals surface area contributed by atoms with Crippen LogP contribution in [0.3, 0.4) is 0 Å². The largest absolute Gasteiger partial charge is 0.495 e. The van der Waals surface area contributed by atoms with E-state index in [1.807, 2.05) is 18.2 Å². The highest BCUT2D eigenvalue weighted by Gasteiger charge is 2.14. The molecule has 0 spiro atoms. The third-order valence-electron chi connectivity index (χ3n) is 5.34. The van der Waals surface area contributed by atoms with Gasteiger partial charge in [-0.1, -0.05) is 41.9 Å². The van der Waals surface area contributed by atoms with Crippen molar-refractivity contribution in [3.05, 3.63) is 64.2 Å². The number of methoxy groups -OCH3 is 1. The molecule has 0 atom stereocenters. The molecule has 3 rings (SSSR count). The molecular weight excluding hydrogens is 386 g/mol. The van der Waals surface area contributed by atoms with Gasteiger partial charge in [-0.3, -0.25) is 9.69 Å². The number of halogens is 1. The molecule has 0 bridgehead atoms. The van der Waals surface area contributed by atoms with Crippen LogP contribution in [0.2, 0.25) is 5.02 Å². The van der Waals surface area contributed by atoms with Crippen molar-refractivity contribution in [3.63, 3.8) is 0 Å². The molecule has 1 aliphatic rings. The molecule has 1 heterocycles. The number of amides is 1. The summed E-state index contributed by atoms with van der Waals surface area (Å²) < 4.78 is 5.16. The molecule has 0 unspecified atom stereocenters. The normalized spacial score (nSPS) is 15.3. The maximum absolute atomic E-state index is 12.2. The fourth-order valence-electron chi connectivity index (χ4n) is 3.51. The Kier molecular flexibility index (Phi) is 7.92. The molecule has 0 aromatic heterocycles. The minimum atomic E-state index is 0.0430. The number of piperazine rings is 1. The third kappa shape index (κ3) is 6.74. The van der Waals surface area contributed by atoms with Gasteiger partial charge in [0.1, 0.15) is 5.75 Å². The summed E-state index contributed by atoms with van der Waals surface area (Å²) in [5, 5.41) is 3.60. The molecule has 1 amide bonds. The molecule has 1 N–H and O–H groups in total. The lowest BCUT2D eigenvalue weighted by Crippen LogP contribution is -2.43. The summed E-state index contributed by atoms with van der Waals surface area (Å²) in [6, 6.07) is 14.1. The summed E-state index contributed by atoms with van der Waals surface area (Å²) in [7, 11) is 3.76. The second-order valence-corrected chi connectivity index (χ2v) is 8.05. The Labute approximate surface area is 178 Å². The van der Waals surface area contributed by atoms with E-state index in [-0.39, 0.29) is 5.91 Å². The van der Waals surface area contributed by atoms with Crippen LogP contribution in [0.5, 0.6) is 5.75 Å². The highest BCUT2D eigenvalue weighted by molar-refractivity contribution is 6.32. The molecule has 6 heteroatoms. The van der Waals surface area contributed by atoms with Gasteiger partial charge in [0.2, 0.25) is 5.91 Å². The summed E-state index contributed by atoms with van der Waals surface area (Å²) in [6.07, 6.45) is 1.09. The quantitative estimate of drug-likeness (QED) is 0.718. The van der Waals surface area contributed by atoms with Crippen LogP contribution in [0.15, 0.2) is 42.5 Å². The third-order valence-corrected chi connectivity index (χ3v) is 5.64. The maximum atomic E-state index is 12.2. The number of benzene rings is 2. The van der Waals surface area contributed by atoms with Crippen LogP contribution >= 0.6 is 11.6 Å². The number of hydrogen-bond acceptors (Lipinski definition) is 4.